The summed E-state index contributed by atoms with van der Waals surface area (Å²) in [6.45, 7) is 2.80. The van der Waals surface area contributed by atoms with Gasteiger partial charge in [-0.2, -0.15) is 0 Å². The third-order valence-electron chi connectivity index (χ3n) is 4.00. The minimum Gasteiger partial charge on any atom is -0.465 e. The summed E-state index contributed by atoms with van der Waals surface area (Å²) < 4.78 is 4.53. The van der Waals surface area contributed by atoms with E-state index in [9.17, 15) is 9.90 Å². The summed E-state index contributed by atoms with van der Waals surface area (Å²) in [4.78, 5) is 9.96. The molecule has 0 bridgehead atoms. The second-order valence-electron chi connectivity index (χ2n) is 6.11. The summed E-state index contributed by atoms with van der Waals surface area (Å²) in [5.41, 5.74) is 0. The van der Waals surface area contributed by atoms with Crippen molar-refractivity contribution in [3.05, 3.63) is 0 Å². The highest BCUT2D eigenvalue weighted by molar-refractivity contribution is 5.36. The fraction of sp³-hybridized carbons (Fsp3) is 0.944. The number of aliphatic hydroxyl groups is 1. The Hall–Kier alpha value is -0.570. The normalized spacial score (nSPS) is 12.3. The molecule has 126 valence electrons. The van der Waals surface area contributed by atoms with Crippen molar-refractivity contribution in [2.24, 2.45) is 0 Å². The molecule has 0 aliphatic heterocycles. The zero-order chi connectivity index (χ0) is 15.6. The Labute approximate surface area is 131 Å². The number of carbonyl (C=O) groups excluding carboxylic acids is 1. The second-order valence-corrected chi connectivity index (χ2v) is 6.11. The average Bonchev–Trinajstić information content (AvgIpc) is 2.49. The van der Waals surface area contributed by atoms with E-state index in [1.807, 2.05) is 0 Å². The van der Waals surface area contributed by atoms with Crippen molar-refractivity contribution in [1.82, 2.24) is 0 Å². The molecule has 1 N–H and O–H groups in total. The SMILES string of the molecule is CCCCCCCCCCCCCCCC(O)COC=O. The minimum atomic E-state index is -0.483. The van der Waals surface area contributed by atoms with Crippen molar-refractivity contribution in [2.75, 3.05) is 6.61 Å². The van der Waals surface area contributed by atoms with E-state index >= 15 is 0 Å². The standard InChI is InChI=1S/C18H36O3/c1-2-3-4-5-6-7-8-9-10-11-12-13-14-15-18(20)16-21-17-19/h17-18,20H,2-16H2,1H3. The van der Waals surface area contributed by atoms with Crippen molar-refractivity contribution in [3.63, 3.8) is 0 Å². The van der Waals surface area contributed by atoms with Crippen LogP contribution in [-0.2, 0) is 9.53 Å². The van der Waals surface area contributed by atoms with Crippen molar-refractivity contribution < 1.29 is 14.6 Å². The van der Waals surface area contributed by atoms with Gasteiger partial charge in [-0.3, -0.25) is 4.79 Å². The summed E-state index contributed by atoms with van der Waals surface area (Å²) >= 11 is 0. The molecule has 0 aromatic carbocycles. The minimum absolute atomic E-state index is 0.141. The molecule has 0 rings (SSSR count). The van der Waals surface area contributed by atoms with Gasteiger partial charge in [0.25, 0.3) is 6.47 Å². The Morgan fingerprint density at radius 2 is 1.24 bits per heavy atom. The van der Waals surface area contributed by atoms with E-state index in [1.54, 1.807) is 0 Å². The Kier molecular flexibility index (Phi) is 17.0. The first-order chi connectivity index (χ1) is 10.3. The number of carbonyl (C=O) groups is 1. The first kappa shape index (κ1) is 20.4. The van der Waals surface area contributed by atoms with Gasteiger partial charge < -0.3 is 9.84 Å². The maximum atomic E-state index is 9.96. The van der Waals surface area contributed by atoms with Gasteiger partial charge >= 0.3 is 0 Å². The summed E-state index contributed by atoms with van der Waals surface area (Å²) in [5.74, 6) is 0. The van der Waals surface area contributed by atoms with Crippen LogP contribution in [0.3, 0.4) is 0 Å². The zero-order valence-corrected chi connectivity index (χ0v) is 14.0. The molecule has 0 amide bonds. The molecule has 21 heavy (non-hydrogen) atoms. The number of hydrogen-bond donors (Lipinski definition) is 1. The molecule has 0 fully saturated rings. The Balaban J connectivity index is 3.04. The van der Waals surface area contributed by atoms with Gasteiger partial charge in [0.15, 0.2) is 0 Å². The number of aliphatic hydroxyl groups excluding tert-OH is 1. The summed E-state index contributed by atoms with van der Waals surface area (Å²) in [7, 11) is 0. The molecule has 0 aliphatic carbocycles. The zero-order valence-electron chi connectivity index (χ0n) is 14.0. The van der Waals surface area contributed by atoms with Gasteiger partial charge in [0.1, 0.15) is 6.61 Å². The van der Waals surface area contributed by atoms with Crippen molar-refractivity contribution in [1.29, 1.82) is 0 Å². The Morgan fingerprint density at radius 3 is 1.67 bits per heavy atom. The lowest BCUT2D eigenvalue weighted by atomic mass is 10.0. The highest BCUT2D eigenvalue weighted by Crippen LogP contribution is 2.13. The van der Waals surface area contributed by atoms with Gasteiger partial charge in [0, 0.05) is 0 Å². The monoisotopic (exact) mass is 300 g/mol. The molecule has 0 aromatic rings. The molecule has 1 unspecified atom stereocenters. The van der Waals surface area contributed by atoms with Crippen LogP contribution in [0.2, 0.25) is 0 Å². The maximum Gasteiger partial charge on any atom is 0.293 e. The van der Waals surface area contributed by atoms with Crippen LogP contribution < -0.4 is 0 Å². The molecule has 0 aliphatic rings. The molecule has 0 radical (unpaired) electrons. The van der Waals surface area contributed by atoms with Gasteiger partial charge in [-0.15, -0.1) is 0 Å². The van der Waals surface area contributed by atoms with Gasteiger partial charge in [0.05, 0.1) is 6.10 Å². The van der Waals surface area contributed by atoms with Crippen molar-refractivity contribution in [3.8, 4) is 0 Å². The quantitative estimate of drug-likeness (QED) is 0.304. The first-order valence-corrected chi connectivity index (χ1v) is 9.04. The predicted molar refractivity (Wildman–Crippen MR) is 88.3 cm³/mol. The third-order valence-corrected chi connectivity index (χ3v) is 4.00. The fourth-order valence-corrected chi connectivity index (χ4v) is 2.63. The lowest BCUT2D eigenvalue weighted by Crippen LogP contribution is -2.14. The number of hydrogen-bond acceptors (Lipinski definition) is 3. The maximum absolute atomic E-state index is 9.96. The highest BCUT2D eigenvalue weighted by atomic mass is 16.5. The van der Waals surface area contributed by atoms with Crippen molar-refractivity contribution >= 4 is 6.47 Å². The van der Waals surface area contributed by atoms with E-state index in [-0.39, 0.29) is 6.61 Å². The molecule has 0 aromatic heterocycles. The predicted octanol–water partition coefficient (Wildman–Crippen LogP) is 5.00. The molecular weight excluding hydrogens is 264 g/mol. The molecule has 3 heteroatoms. The summed E-state index contributed by atoms with van der Waals surface area (Å²) in [6, 6.07) is 0. The molecular formula is C18H36O3. The lowest BCUT2D eigenvalue weighted by Gasteiger charge is -2.08. The van der Waals surface area contributed by atoms with Gasteiger partial charge in [-0.25, -0.2) is 0 Å². The second kappa shape index (κ2) is 17.5. The fourth-order valence-electron chi connectivity index (χ4n) is 2.63. The van der Waals surface area contributed by atoms with Crippen LogP contribution in [0.4, 0.5) is 0 Å². The third kappa shape index (κ3) is 17.4. The number of rotatable bonds is 17. The van der Waals surface area contributed by atoms with Crippen LogP contribution in [0.25, 0.3) is 0 Å². The van der Waals surface area contributed by atoms with E-state index in [2.05, 4.69) is 11.7 Å². The van der Waals surface area contributed by atoms with E-state index in [4.69, 9.17) is 0 Å². The average molecular weight is 300 g/mol. The number of ether oxygens (including phenoxy) is 1. The Bertz CT molecular complexity index is 207. The van der Waals surface area contributed by atoms with Crippen LogP contribution in [0.15, 0.2) is 0 Å². The molecule has 1 atom stereocenters. The van der Waals surface area contributed by atoms with E-state index < -0.39 is 6.10 Å². The highest BCUT2D eigenvalue weighted by Gasteiger charge is 2.03. The van der Waals surface area contributed by atoms with Gasteiger partial charge in [-0.05, 0) is 6.42 Å². The first-order valence-electron chi connectivity index (χ1n) is 9.04. The van der Waals surface area contributed by atoms with Crippen LogP contribution in [0.1, 0.15) is 96.8 Å². The van der Waals surface area contributed by atoms with Crippen molar-refractivity contribution in [2.45, 2.75) is 103 Å². The van der Waals surface area contributed by atoms with E-state index in [1.165, 1.54) is 77.0 Å². The lowest BCUT2D eigenvalue weighted by molar-refractivity contribution is -0.131. The molecule has 0 saturated carbocycles. The van der Waals surface area contributed by atoms with Gasteiger partial charge in [-0.1, -0.05) is 90.4 Å². The van der Waals surface area contributed by atoms with Gasteiger partial charge in [0.2, 0.25) is 0 Å². The van der Waals surface area contributed by atoms with E-state index in [0.717, 1.165) is 12.8 Å². The van der Waals surface area contributed by atoms with Crippen LogP contribution in [0, 0.1) is 0 Å². The molecule has 3 nitrogen and oxygen atoms in total. The Morgan fingerprint density at radius 1 is 0.810 bits per heavy atom. The topological polar surface area (TPSA) is 46.5 Å². The number of unbranched alkanes of at least 4 members (excludes halogenated alkanes) is 12. The van der Waals surface area contributed by atoms with Crippen LogP contribution in [0.5, 0.6) is 0 Å². The largest absolute Gasteiger partial charge is 0.465 e. The van der Waals surface area contributed by atoms with Crippen LogP contribution >= 0.6 is 0 Å². The van der Waals surface area contributed by atoms with E-state index in [0.29, 0.717) is 6.47 Å². The van der Waals surface area contributed by atoms with Crippen LogP contribution in [-0.4, -0.2) is 24.3 Å². The summed E-state index contributed by atoms with van der Waals surface area (Å²) in [6.07, 6.45) is 17.6. The molecule has 0 spiro atoms. The molecule has 0 saturated heterocycles. The summed E-state index contributed by atoms with van der Waals surface area (Å²) in [5, 5.41) is 9.47. The molecule has 0 heterocycles. The smallest absolute Gasteiger partial charge is 0.293 e.